The van der Waals surface area contributed by atoms with Crippen molar-refractivity contribution in [3.05, 3.63) is 35.4 Å². The molecule has 1 N–H and O–H groups in total. The molecule has 0 heterocycles. The summed E-state index contributed by atoms with van der Waals surface area (Å²) in [4.78, 5) is 0. The Labute approximate surface area is 106 Å². The van der Waals surface area contributed by atoms with Gasteiger partial charge in [-0.25, -0.2) is 0 Å². The Morgan fingerprint density at radius 1 is 1.24 bits per heavy atom. The summed E-state index contributed by atoms with van der Waals surface area (Å²) < 4.78 is 0. The van der Waals surface area contributed by atoms with Crippen molar-refractivity contribution in [2.75, 3.05) is 13.6 Å². The number of hydrogen-bond donors (Lipinski definition) is 1. The SMILES string of the molecule is CNCC1(c2ccc(C)cc2)CC(C(C)C)C1. The summed E-state index contributed by atoms with van der Waals surface area (Å²) in [7, 11) is 2.07. The van der Waals surface area contributed by atoms with Crippen LogP contribution in [0.4, 0.5) is 0 Å². The first kappa shape index (κ1) is 12.6. The Balaban J connectivity index is 2.16. The molecule has 0 spiro atoms. The minimum absolute atomic E-state index is 0.400. The number of nitrogens with one attached hydrogen (secondary N) is 1. The molecule has 2 rings (SSSR count). The van der Waals surface area contributed by atoms with Crippen molar-refractivity contribution in [3.63, 3.8) is 0 Å². The summed E-state index contributed by atoms with van der Waals surface area (Å²) in [6, 6.07) is 9.14. The van der Waals surface area contributed by atoms with Gasteiger partial charge in [-0.15, -0.1) is 0 Å². The summed E-state index contributed by atoms with van der Waals surface area (Å²) in [6.45, 7) is 7.97. The fraction of sp³-hybridized carbons (Fsp3) is 0.625. The fourth-order valence-corrected chi connectivity index (χ4v) is 3.14. The van der Waals surface area contributed by atoms with Gasteiger partial charge >= 0.3 is 0 Å². The smallest absolute Gasteiger partial charge is 0.00831 e. The number of rotatable bonds is 4. The standard InChI is InChI=1S/C16H25N/c1-12(2)14-9-16(10-14,11-17-4)15-7-5-13(3)6-8-15/h5-8,12,14,17H,9-11H2,1-4H3. The van der Waals surface area contributed by atoms with Gasteiger partial charge in [0.2, 0.25) is 0 Å². The Morgan fingerprint density at radius 3 is 2.29 bits per heavy atom. The number of aryl methyl sites for hydroxylation is 1. The van der Waals surface area contributed by atoms with E-state index in [1.165, 1.54) is 24.0 Å². The summed E-state index contributed by atoms with van der Waals surface area (Å²) in [5.74, 6) is 1.73. The van der Waals surface area contributed by atoms with E-state index in [-0.39, 0.29) is 0 Å². The third-order valence-electron chi connectivity index (χ3n) is 4.43. The quantitative estimate of drug-likeness (QED) is 0.836. The lowest BCUT2D eigenvalue weighted by atomic mass is 9.56. The Hall–Kier alpha value is -0.820. The van der Waals surface area contributed by atoms with Crippen LogP contribution in [0.3, 0.4) is 0 Å². The van der Waals surface area contributed by atoms with Crippen LogP contribution in [0.25, 0.3) is 0 Å². The lowest BCUT2D eigenvalue weighted by Gasteiger charge is -2.50. The predicted molar refractivity (Wildman–Crippen MR) is 74.3 cm³/mol. The molecule has 0 amide bonds. The third kappa shape index (κ3) is 2.40. The van der Waals surface area contributed by atoms with Gasteiger partial charge in [0.25, 0.3) is 0 Å². The van der Waals surface area contributed by atoms with Crippen molar-refractivity contribution in [3.8, 4) is 0 Å². The molecule has 1 aromatic carbocycles. The molecule has 0 aliphatic heterocycles. The largest absolute Gasteiger partial charge is 0.319 e. The summed E-state index contributed by atoms with van der Waals surface area (Å²) >= 11 is 0. The average Bonchev–Trinajstić information content (AvgIpc) is 2.23. The van der Waals surface area contributed by atoms with E-state index in [9.17, 15) is 0 Å². The van der Waals surface area contributed by atoms with E-state index in [0.717, 1.165) is 18.4 Å². The summed E-state index contributed by atoms with van der Waals surface area (Å²) in [5.41, 5.74) is 3.28. The highest BCUT2D eigenvalue weighted by Gasteiger charge is 2.45. The average molecular weight is 231 g/mol. The van der Waals surface area contributed by atoms with Crippen LogP contribution in [0.2, 0.25) is 0 Å². The first-order chi connectivity index (χ1) is 8.07. The van der Waals surface area contributed by atoms with Crippen LogP contribution in [0.15, 0.2) is 24.3 Å². The highest BCUT2D eigenvalue weighted by molar-refractivity contribution is 5.32. The topological polar surface area (TPSA) is 12.0 Å². The Kier molecular flexibility index (Phi) is 3.58. The minimum atomic E-state index is 0.400. The molecule has 0 atom stereocenters. The van der Waals surface area contributed by atoms with Gasteiger partial charge in [-0.3, -0.25) is 0 Å². The van der Waals surface area contributed by atoms with Gasteiger partial charge in [0.05, 0.1) is 0 Å². The molecule has 1 heteroatoms. The number of likely N-dealkylation sites (N-methyl/N-ethyl adjacent to an activating group) is 1. The molecule has 1 nitrogen and oxygen atoms in total. The zero-order chi connectivity index (χ0) is 12.5. The van der Waals surface area contributed by atoms with E-state index in [2.05, 4.69) is 57.4 Å². The summed E-state index contributed by atoms with van der Waals surface area (Å²) in [6.07, 6.45) is 2.68. The molecule has 1 aromatic rings. The molecule has 0 radical (unpaired) electrons. The zero-order valence-corrected chi connectivity index (χ0v) is 11.6. The maximum absolute atomic E-state index is 3.38. The normalized spacial score (nSPS) is 28.2. The molecule has 0 bridgehead atoms. The van der Waals surface area contributed by atoms with Gasteiger partial charge in [0.15, 0.2) is 0 Å². The maximum atomic E-state index is 3.38. The van der Waals surface area contributed by atoms with E-state index in [1.54, 1.807) is 0 Å². The van der Waals surface area contributed by atoms with Gasteiger partial charge in [-0.1, -0.05) is 43.7 Å². The molecular formula is C16H25N. The first-order valence-corrected chi connectivity index (χ1v) is 6.79. The van der Waals surface area contributed by atoms with E-state index >= 15 is 0 Å². The van der Waals surface area contributed by atoms with Crippen LogP contribution in [-0.2, 0) is 5.41 Å². The van der Waals surface area contributed by atoms with Gasteiger partial charge in [0, 0.05) is 12.0 Å². The van der Waals surface area contributed by atoms with Gasteiger partial charge in [-0.2, -0.15) is 0 Å². The number of hydrogen-bond acceptors (Lipinski definition) is 1. The van der Waals surface area contributed by atoms with E-state index in [4.69, 9.17) is 0 Å². The second-order valence-electron chi connectivity index (χ2n) is 6.09. The van der Waals surface area contributed by atoms with Gasteiger partial charge in [0.1, 0.15) is 0 Å². The van der Waals surface area contributed by atoms with Crippen molar-refractivity contribution in [2.45, 2.75) is 39.0 Å². The zero-order valence-electron chi connectivity index (χ0n) is 11.6. The summed E-state index contributed by atoms with van der Waals surface area (Å²) in [5, 5.41) is 3.38. The second-order valence-corrected chi connectivity index (χ2v) is 6.09. The van der Waals surface area contributed by atoms with E-state index < -0.39 is 0 Å². The molecule has 0 saturated heterocycles. The molecule has 1 aliphatic carbocycles. The first-order valence-electron chi connectivity index (χ1n) is 6.79. The Morgan fingerprint density at radius 2 is 1.82 bits per heavy atom. The third-order valence-corrected chi connectivity index (χ3v) is 4.43. The molecule has 1 saturated carbocycles. The van der Waals surface area contributed by atoms with Crippen LogP contribution in [0.1, 0.15) is 37.8 Å². The van der Waals surface area contributed by atoms with Crippen molar-refractivity contribution in [1.82, 2.24) is 5.32 Å². The molecule has 0 aromatic heterocycles. The molecule has 17 heavy (non-hydrogen) atoms. The van der Waals surface area contributed by atoms with Crippen molar-refractivity contribution >= 4 is 0 Å². The van der Waals surface area contributed by atoms with Gasteiger partial charge < -0.3 is 5.32 Å². The van der Waals surface area contributed by atoms with E-state index in [0.29, 0.717) is 5.41 Å². The lowest BCUT2D eigenvalue weighted by molar-refractivity contribution is 0.0996. The molecule has 1 fully saturated rings. The highest BCUT2D eigenvalue weighted by Crippen LogP contribution is 2.50. The molecular weight excluding hydrogens is 206 g/mol. The maximum Gasteiger partial charge on any atom is 0.00831 e. The fourth-order valence-electron chi connectivity index (χ4n) is 3.14. The highest BCUT2D eigenvalue weighted by atomic mass is 14.8. The number of benzene rings is 1. The van der Waals surface area contributed by atoms with Crippen molar-refractivity contribution in [1.29, 1.82) is 0 Å². The monoisotopic (exact) mass is 231 g/mol. The van der Waals surface area contributed by atoms with Gasteiger partial charge in [-0.05, 0) is 44.2 Å². The molecule has 94 valence electrons. The van der Waals surface area contributed by atoms with Crippen molar-refractivity contribution < 1.29 is 0 Å². The minimum Gasteiger partial charge on any atom is -0.319 e. The van der Waals surface area contributed by atoms with Crippen LogP contribution in [0.5, 0.6) is 0 Å². The second kappa shape index (κ2) is 4.81. The van der Waals surface area contributed by atoms with Crippen LogP contribution >= 0.6 is 0 Å². The molecule has 0 unspecified atom stereocenters. The Bertz CT molecular complexity index is 358. The predicted octanol–water partition coefficient (Wildman–Crippen LogP) is 3.52. The van der Waals surface area contributed by atoms with Crippen LogP contribution in [-0.4, -0.2) is 13.6 Å². The lowest BCUT2D eigenvalue weighted by Crippen LogP contribution is -2.49. The molecule has 1 aliphatic rings. The van der Waals surface area contributed by atoms with Crippen LogP contribution < -0.4 is 5.32 Å². The van der Waals surface area contributed by atoms with Crippen LogP contribution in [0, 0.1) is 18.8 Å². The van der Waals surface area contributed by atoms with Crippen molar-refractivity contribution in [2.24, 2.45) is 11.8 Å². The van der Waals surface area contributed by atoms with E-state index in [1.807, 2.05) is 0 Å².